The van der Waals surface area contributed by atoms with Crippen LogP contribution in [0.25, 0.3) is 22.1 Å². The third kappa shape index (κ3) is 3.15. The van der Waals surface area contributed by atoms with Gasteiger partial charge in [0.15, 0.2) is 0 Å². The number of benzene rings is 1. The minimum absolute atomic E-state index is 0.325. The van der Waals surface area contributed by atoms with Gasteiger partial charge in [0.1, 0.15) is 5.58 Å². The Kier molecular flexibility index (Phi) is 4.01. The van der Waals surface area contributed by atoms with Crippen LogP contribution in [0.3, 0.4) is 0 Å². The summed E-state index contributed by atoms with van der Waals surface area (Å²) in [5.74, 6) is 0. The van der Waals surface area contributed by atoms with Gasteiger partial charge in [-0.25, -0.2) is 4.79 Å². The van der Waals surface area contributed by atoms with Gasteiger partial charge in [-0.2, -0.15) is 0 Å². The molecule has 1 aliphatic rings. The Hall–Kier alpha value is -2.66. The molecular weight excluding hydrogens is 314 g/mol. The fraction of sp³-hybridized carbons (Fsp3) is 0.300. The van der Waals surface area contributed by atoms with Crippen molar-refractivity contribution in [2.75, 3.05) is 38.1 Å². The van der Waals surface area contributed by atoms with Crippen LogP contribution in [0.1, 0.15) is 5.69 Å². The number of nitrogens with zero attached hydrogens (tertiary/aromatic N) is 3. The van der Waals surface area contributed by atoms with Crippen molar-refractivity contribution in [2.24, 2.45) is 0 Å². The molecule has 1 aromatic carbocycles. The zero-order valence-corrected chi connectivity index (χ0v) is 14.5. The molecule has 0 spiro atoms. The van der Waals surface area contributed by atoms with Crippen molar-refractivity contribution in [1.29, 1.82) is 0 Å². The van der Waals surface area contributed by atoms with Crippen LogP contribution in [0.5, 0.6) is 0 Å². The molecule has 128 valence electrons. The number of fused-ring (bicyclic) bond motifs is 1. The van der Waals surface area contributed by atoms with Crippen LogP contribution < -0.4 is 10.5 Å². The highest BCUT2D eigenvalue weighted by atomic mass is 16.4. The van der Waals surface area contributed by atoms with E-state index in [1.165, 1.54) is 0 Å². The van der Waals surface area contributed by atoms with E-state index in [2.05, 4.69) is 27.9 Å². The molecular formula is C20H21N3O2. The van der Waals surface area contributed by atoms with Crippen molar-refractivity contribution in [1.82, 2.24) is 9.88 Å². The summed E-state index contributed by atoms with van der Waals surface area (Å²) in [5, 5.41) is 0.924. The normalized spacial score (nSPS) is 15.7. The Morgan fingerprint density at radius 2 is 1.84 bits per heavy atom. The maximum absolute atomic E-state index is 12.4. The van der Waals surface area contributed by atoms with E-state index in [0.717, 1.165) is 48.5 Å². The second-order valence-corrected chi connectivity index (χ2v) is 6.65. The second-order valence-electron chi connectivity index (χ2n) is 6.65. The third-order valence-corrected chi connectivity index (χ3v) is 4.81. The Bertz CT molecular complexity index is 955. The largest absolute Gasteiger partial charge is 0.422 e. The van der Waals surface area contributed by atoms with E-state index in [1.807, 2.05) is 37.3 Å². The van der Waals surface area contributed by atoms with Crippen LogP contribution in [0, 0.1) is 6.92 Å². The molecule has 3 heterocycles. The van der Waals surface area contributed by atoms with Crippen LogP contribution in [0.4, 0.5) is 5.69 Å². The van der Waals surface area contributed by atoms with Crippen LogP contribution >= 0.6 is 0 Å². The van der Waals surface area contributed by atoms with Crippen LogP contribution in [0.2, 0.25) is 0 Å². The first-order chi connectivity index (χ1) is 12.1. The SMILES string of the molecule is Cc1ccc(-c2cc3ccc(N4CCN(C)CC4)cc3oc2=O)cn1. The highest BCUT2D eigenvalue weighted by Gasteiger charge is 2.15. The van der Waals surface area contributed by atoms with Crippen LogP contribution in [-0.4, -0.2) is 43.1 Å². The molecule has 5 nitrogen and oxygen atoms in total. The lowest BCUT2D eigenvalue weighted by molar-refractivity contribution is 0.313. The van der Waals surface area contributed by atoms with E-state index in [9.17, 15) is 4.79 Å². The average Bonchev–Trinajstić information content (AvgIpc) is 2.62. The number of hydrogen-bond donors (Lipinski definition) is 0. The fourth-order valence-corrected chi connectivity index (χ4v) is 3.19. The Morgan fingerprint density at radius 3 is 2.56 bits per heavy atom. The van der Waals surface area contributed by atoms with Gasteiger partial charge in [0, 0.05) is 60.8 Å². The van der Waals surface area contributed by atoms with Crippen molar-refractivity contribution in [3.63, 3.8) is 0 Å². The zero-order chi connectivity index (χ0) is 17.4. The summed E-state index contributed by atoms with van der Waals surface area (Å²) < 4.78 is 5.61. The summed E-state index contributed by atoms with van der Waals surface area (Å²) in [6, 6.07) is 11.8. The van der Waals surface area contributed by atoms with Gasteiger partial charge in [-0.3, -0.25) is 4.98 Å². The molecule has 5 heteroatoms. The number of pyridine rings is 1. The van der Waals surface area contributed by atoms with Gasteiger partial charge < -0.3 is 14.2 Å². The molecule has 4 rings (SSSR count). The molecule has 25 heavy (non-hydrogen) atoms. The number of piperazine rings is 1. The minimum Gasteiger partial charge on any atom is -0.422 e. The first kappa shape index (κ1) is 15.8. The molecule has 0 atom stereocenters. The molecule has 1 fully saturated rings. The third-order valence-electron chi connectivity index (χ3n) is 4.81. The minimum atomic E-state index is -0.325. The molecule has 3 aromatic rings. The van der Waals surface area contributed by atoms with Gasteiger partial charge >= 0.3 is 5.63 Å². The van der Waals surface area contributed by atoms with Crippen molar-refractivity contribution in [3.8, 4) is 11.1 Å². The smallest absolute Gasteiger partial charge is 0.344 e. The summed E-state index contributed by atoms with van der Waals surface area (Å²) in [4.78, 5) is 21.4. The number of anilines is 1. The number of aryl methyl sites for hydroxylation is 1. The van der Waals surface area contributed by atoms with Crippen LogP contribution in [0.15, 0.2) is 51.8 Å². The lowest BCUT2D eigenvalue weighted by Crippen LogP contribution is -2.44. The molecule has 0 amide bonds. The van der Waals surface area contributed by atoms with E-state index < -0.39 is 0 Å². The van der Waals surface area contributed by atoms with Gasteiger partial charge in [-0.05, 0) is 38.2 Å². The first-order valence-corrected chi connectivity index (χ1v) is 8.54. The van der Waals surface area contributed by atoms with Crippen molar-refractivity contribution in [3.05, 3.63) is 58.7 Å². The highest BCUT2D eigenvalue weighted by Crippen LogP contribution is 2.25. The monoisotopic (exact) mass is 335 g/mol. The predicted molar refractivity (Wildman–Crippen MR) is 100 cm³/mol. The van der Waals surface area contributed by atoms with Gasteiger partial charge in [0.2, 0.25) is 0 Å². The Morgan fingerprint density at radius 1 is 1.04 bits per heavy atom. The molecule has 0 bridgehead atoms. The van der Waals surface area contributed by atoms with Crippen LogP contribution in [-0.2, 0) is 0 Å². The number of aromatic nitrogens is 1. The maximum atomic E-state index is 12.4. The van der Waals surface area contributed by atoms with E-state index in [4.69, 9.17) is 4.42 Å². The van der Waals surface area contributed by atoms with Crippen molar-refractivity contribution < 1.29 is 4.42 Å². The molecule has 0 unspecified atom stereocenters. The quantitative estimate of drug-likeness (QED) is 0.674. The van der Waals surface area contributed by atoms with Crippen molar-refractivity contribution >= 4 is 16.7 Å². The van der Waals surface area contributed by atoms with E-state index in [1.54, 1.807) is 6.20 Å². The summed E-state index contributed by atoms with van der Waals surface area (Å²) in [6.45, 7) is 5.98. The lowest BCUT2D eigenvalue weighted by Gasteiger charge is -2.34. The number of likely N-dealkylation sites (N-methyl/N-ethyl adjacent to an activating group) is 1. The number of hydrogen-bond acceptors (Lipinski definition) is 5. The molecule has 0 radical (unpaired) electrons. The second kappa shape index (κ2) is 6.33. The summed E-state index contributed by atoms with van der Waals surface area (Å²) in [7, 11) is 2.14. The van der Waals surface area contributed by atoms with Gasteiger partial charge in [-0.15, -0.1) is 0 Å². The fourth-order valence-electron chi connectivity index (χ4n) is 3.19. The summed E-state index contributed by atoms with van der Waals surface area (Å²) in [5.41, 5.74) is 3.66. The topological polar surface area (TPSA) is 49.6 Å². The Labute approximate surface area is 146 Å². The molecule has 1 aliphatic heterocycles. The Balaban J connectivity index is 1.71. The van der Waals surface area contributed by atoms with E-state index in [0.29, 0.717) is 11.1 Å². The number of rotatable bonds is 2. The standard InChI is InChI=1S/C20H21N3O2/c1-14-3-4-16(13-21-14)18-11-15-5-6-17(12-19(15)25-20(18)24)23-9-7-22(2)8-10-23/h3-6,11-13H,7-10H2,1-2H3. The molecule has 1 saturated heterocycles. The molecule has 0 saturated carbocycles. The summed E-state index contributed by atoms with van der Waals surface area (Å²) in [6.07, 6.45) is 1.71. The van der Waals surface area contributed by atoms with Gasteiger partial charge in [0.25, 0.3) is 0 Å². The van der Waals surface area contributed by atoms with E-state index >= 15 is 0 Å². The average molecular weight is 335 g/mol. The highest BCUT2D eigenvalue weighted by molar-refractivity contribution is 5.84. The lowest BCUT2D eigenvalue weighted by atomic mass is 10.1. The van der Waals surface area contributed by atoms with E-state index in [-0.39, 0.29) is 5.63 Å². The predicted octanol–water partition coefficient (Wildman–Crippen LogP) is 2.92. The first-order valence-electron chi connectivity index (χ1n) is 8.54. The molecule has 0 aliphatic carbocycles. The molecule has 0 N–H and O–H groups in total. The van der Waals surface area contributed by atoms with Crippen molar-refractivity contribution in [2.45, 2.75) is 6.92 Å². The maximum Gasteiger partial charge on any atom is 0.344 e. The zero-order valence-electron chi connectivity index (χ0n) is 14.5. The molecule has 2 aromatic heterocycles. The van der Waals surface area contributed by atoms with Gasteiger partial charge in [0.05, 0.1) is 5.56 Å². The van der Waals surface area contributed by atoms with Gasteiger partial charge in [-0.1, -0.05) is 6.07 Å². The summed E-state index contributed by atoms with van der Waals surface area (Å²) >= 11 is 0.